The fourth-order valence-corrected chi connectivity index (χ4v) is 1.33. The average Bonchev–Trinajstić information content (AvgIpc) is 2.29. The summed E-state index contributed by atoms with van der Waals surface area (Å²) >= 11 is 0. The van der Waals surface area contributed by atoms with Crippen molar-refractivity contribution >= 4 is 11.7 Å². The monoisotopic (exact) mass is 237 g/mol. The van der Waals surface area contributed by atoms with Gasteiger partial charge in [-0.1, -0.05) is 0 Å². The van der Waals surface area contributed by atoms with E-state index >= 15 is 0 Å². The molecule has 17 heavy (non-hydrogen) atoms. The molecule has 0 bridgehead atoms. The van der Waals surface area contributed by atoms with Crippen LogP contribution in [0, 0.1) is 0 Å². The highest BCUT2D eigenvalue weighted by Gasteiger charge is 2.10. The summed E-state index contributed by atoms with van der Waals surface area (Å²) in [5.74, 6) is 0.500. The molecule has 0 fully saturated rings. The number of hydrogen-bond acceptors (Lipinski definition) is 5. The number of rotatable bonds is 5. The van der Waals surface area contributed by atoms with Crippen molar-refractivity contribution in [2.24, 2.45) is 5.73 Å². The van der Waals surface area contributed by atoms with Gasteiger partial charge in [0.15, 0.2) is 5.69 Å². The van der Waals surface area contributed by atoms with Crippen molar-refractivity contribution in [1.29, 1.82) is 0 Å². The molecule has 1 atom stereocenters. The Morgan fingerprint density at radius 2 is 2.18 bits per heavy atom. The normalized spacial score (nSPS) is 12.0. The van der Waals surface area contributed by atoms with Crippen LogP contribution in [0.3, 0.4) is 0 Å². The van der Waals surface area contributed by atoms with Crippen LogP contribution in [0.5, 0.6) is 0 Å². The molecule has 6 heteroatoms. The lowest BCUT2D eigenvalue weighted by Gasteiger charge is -2.13. The zero-order valence-electron chi connectivity index (χ0n) is 10.5. The Kier molecular flexibility index (Phi) is 4.84. The second-order valence-electron chi connectivity index (χ2n) is 4.13. The van der Waals surface area contributed by atoms with E-state index in [-0.39, 0.29) is 11.9 Å². The van der Waals surface area contributed by atoms with Crippen LogP contribution < -0.4 is 11.1 Å². The number of aromatic nitrogens is 2. The molecule has 1 amide bonds. The largest absolute Gasteiger partial charge is 0.366 e. The maximum atomic E-state index is 11.6. The molecule has 0 saturated carbocycles. The van der Waals surface area contributed by atoms with E-state index in [2.05, 4.69) is 15.5 Å². The van der Waals surface area contributed by atoms with Crippen molar-refractivity contribution in [2.75, 3.05) is 26.0 Å². The molecule has 0 saturated heterocycles. The summed E-state index contributed by atoms with van der Waals surface area (Å²) in [6.07, 6.45) is 0.861. The molecule has 1 rings (SSSR count). The SMILES string of the molecule is CC(CCN)Nc1ccc(C(=O)N(C)C)nn1. The molecule has 3 N–H and O–H groups in total. The molecule has 0 aliphatic carbocycles. The third-order valence-electron chi connectivity index (χ3n) is 2.28. The Morgan fingerprint density at radius 1 is 1.47 bits per heavy atom. The Hall–Kier alpha value is -1.69. The summed E-state index contributed by atoms with van der Waals surface area (Å²) in [5.41, 5.74) is 5.79. The molecule has 0 radical (unpaired) electrons. The van der Waals surface area contributed by atoms with Crippen LogP contribution in [0.1, 0.15) is 23.8 Å². The van der Waals surface area contributed by atoms with Gasteiger partial charge in [-0.3, -0.25) is 4.79 Å². The van der Waals surface area contributed by atoms with E-state index in [0.29, 0.717) is 18.1 Å². The molecular formula is C11H19N5O. The number of anilines is 1. The number of nitrogens with zero attached hydrogens (tertiary/aromatic N) is 3. The third kappa shape index (κ3) is 3.99. The summed E-state index contributed by atoms with van der Waals surface area (Å²) < 4.78 is 0. The first-order valence-corrected chi connectivity index (χ1v) is 5.56. The van der Waals surface area contributed by atoms with Crippen molar-refractivity contribution in [3.63, 3.8) is 0 Å². The molecule has 0 aliphatic heterocycles. The van der Waals surface area contributed by atoms with Crippen molar-refractivity contribution < 1.29 is 4.79 Å². The summed E-state index contributed by atoms with van der Waals surface area (Å²) in [6, 6.07) is 3.65. The zero-order chi connectivity index (χ0) is 12.8. The maximum absolute atomic E-state index is 11.6. The van der Waals surface area contributed by atoms with Crippen LogP contribution in [-0.2, 0) is 0 Å². The van der Waals surface area contributed by atoms with Gasteiger partial charge in [0.25, 0.3) is 5.91 Å². The summed E-state index contributed by atoms with van der Waals surface area (Å²) in [7, 11) is 3.36. The van der Waals surface area contributed by atoms with Gasteiger partial charge < -0.3 is 16.0 Å². The molecule has 0 spiro atoms. The number of carbonyl (C=O) groups excluding carboxylic acids is 1. The predicted molar refractivity (Wildman–Crippen MR) is 66.8 cm³/mol. The smallest absolute Gasteiger partial charge is 0.273 e. The van der Waals surface area contributed by atoms with E-state index in [4.69, 9.17) is 5.73 Å². The van der Waals surface area contributed by atoms with Crippen LogP contribution in [0.15, 0.2) is 12.1 Å². The molecule has 0 aromatic carbocycles. The van der Waals surface area contributed by atoms with E-state index < -0.39 is 0 Å². The van der Waals surface area contributed by atoms with Crippen molar-refractivity contribution in [2.45, 2.75) is 19.4 Å². The molecule has 1 heterocycles. The summed E-state index contributed by atoms with van der Waals surface area (Å²) in [6.45, 7) is 2.65. The van der Waals surface area contributed by atoms with Gasteiger partial charge in [-0.05, 0) is 32.0 Å². The van der Waals surface area contributed by atoms with E-state index in [9.17, 15) is 4.79 Å². The standard InChI is InChI=1S/C11H19N5O/c1-8(6-7-12)13-10-5-4-9(14-15-10)11(17)16(2)3/h4-5,8H,6-7,12H2,1-3H3,(H,13,15). The van der Waals surface area contributed by atoms with Gasteiger partial charge in [-0.25, -0.2) is 0 Å². The zero-order valence-corrected chi connectivity index (χ0v) is 10.5. The third-order valence-corrected chi connectivity index (χ3v) is 2.28. The van der Waals surface area contributed by atoms with Crippen molar-refractivity contribution in [1.82, 2.24) is 15.1 Å². The van der Waals surface area contributed by atoms with Crippen LogP contribution >= 0.6 is 0 Å². The second kappa shape index (κ2) is 6.15. The number of carbonyl (C=O) groups is 1. The molecule has 6 nitrogen and oxygen atoms in total. The Labute approximate surface area is 101 Å². The molecule has 0 aliphatic rings. The van der Waals surface area contributed by atoms with Gasteiger partial charge >= 0.3 is 0 Å². The number of amides is 1. The van der Waals surface area contributed by atoms with Gasteiger partial charge in [0, 0.05) is 20.1 Å². The van der Waals surface area contributed by atoms with Gasteiger partial charge in [0.1, 0.15) is 5.82 Å². The van der Waals surface area contributed by atoms with Gasteiger partial charge in [0.05, 0.1) is 0 Å². The van der Waals surface area contributed by atoms with Crippen molar-refractivity contribution in [3.05, 3.63) is 17.8 Å². The minimum absolute atomic E-state index is 0.154. The van der Waals surface area contributed by atoms with E-state index in [1.165, 1.54) is 4.90 Å². The lowest BCUT2D eigenvalue weighted by molar-refractivity contribution is 0.0821. The minimum atomic E-state index is -0.154. The topological polar surface area (TPSA) is 84.1 Å². The van der Waals surface area contributed by atoms with E-state index in [0.717, 1.165) is 6.42 Å². The highest BCUT2D eigenvalue weighted by atomic mass is 16.2. The van der Waals surface area contributed by atoms with Crippen LogP contribution in [0.4, 0.5) is 5.82 Å². The summed E-state index contributed by atoms with van der Waals surface area (Å²) in [4.78, 5) is 13.0. The molecular weight excluding hydrogens is 218 g/mol. The average molecular weight is 237 g/mol. The highest BCUT2D eigenvalue weighted by Crippen LogP contribution is 2.06. The number of nitrogens with one attached hydrogen (secondary N) is 1. The molecule has 1 unspecified atom stereocenters. The summed E-state index contributed by atoms with van der Waals surface area (Å²) in [5, 5.41) is 11.0. The Balaban J connectivity index is 2.65. The quantitative estimate of drug-likeness (QED) is 0.771. The maximum Gasteiger partial charge on any atom is 0.273 e. The predicted octanol–water partition coefficient (Wildman–Crippen LogP) is 0.328. The van der Waals surface area contributed by atoms with E-state index in [1.54, 1.807) is 26.2 Å². The van der Waals surface area contributed by atoms with Crippen LogP contribution in [-0.4, -0.2) is 47.7 Å². The minimum Gasteiger partial charge on any atom is -0.366 e. The lowest BCUT2D eigenvalue weighted by atomic mass is 10.2. The Morgan fingerprint density at radius 3 is 2.65 bits per heavy atom. The van der Waals surface area contributed by atoms with Crippen LogP contribution in [0.2, 0.25) is 0 Å². The van der Waals surface area contributed by atoms with Crippen molar-refractivity contribution in [3.8, 4) is 0 Å². The fourth-order valence-electron chi connectivity index (χ4n) is 1.33. The molecule has 1 aromatic rings. The Bertz CT molecular complexity index is 363. The first-order chi connectivity index (χ1) is 8.04. The first-order valence-electron chi connectivity index (χ1n) is 5.56. The van der Waals surface area contributed by atoms with Crippen LogP contribution in [0.25, 0.3) is 0 Å². The molecule has 94 valence electrons. The number of hydrogen-bond donors (Lipinski definition) is 2. The van der Waals surface area contributed by atoms with Gasteiger partial charge in [-0.2, -0.15) is 0 Å². The fraction of sp³-hybridized carbons (Fsp3) is 0.545. The highest BCUT2D eigenvalue weighted by molar-refractivity contribution is 5.91. The molecule has 1 aromatic heterocycles. The van der Waals surface area contributed by atoms with Gasteiger partial charge in [-0.15, -0.1) is 10.2 Å². The number of nitrogens with two attached hydrogens (primary N) is 1. The lowest BCUT2D eigenvalue weighted by Crippen LogP contribution is -2.24. The second-order valence-corrected chi connectivity index (χ2v) is 4.13. The first kappa shape index (κ1) is 13.4. The van der Waals surface area contributed by atoms with E-state index in [1.807, 2.05) is 6.92 Å². The van der Waals surface area contributed by atoms with Gasteiger partial charge in [0.2, 0.25) is 0 Å².